The third kappa shape index (κ3) is 1.80. The van der Waals surface area contributed by atoms with Gasteiger partial charge in [-0.2, -0.15) is 0 Å². The molecule has 0 spiro atoms. The number of oxazole rings is 1. The van der Waals surface area contributed by atoms with Gasteiger partial charge in [0, 0.05) is 13.2 Å². The molecule has 0 aliphatic heterocycles. The summed E-state index contributed by atoms with van der Waals surface area (Å²) >= 11 is 0. The standard InChI is InChI=1S/C9H8N2O5/c1-14-4-6-10-7(9(12)13)8(16-6)5-2-3-15-11-5/h2-3H,4H2,1H3,(H,12,13). The molecule has 0 aliphatic rings. The van der Waals surface area contributed by atoms with Crippen molar-refractivity contribution in [1.29, 1.82) is 0 Å². The lowest BCUT2D eigenvalue weighted by molar-refractivity contribution is 0.0691. The molecule has 16 heavy (non-hydrogen) atoms. The fourth-order valence-corrected chi connectivity index (χ4v) is 1.20. The van der Waals surface area contributed by atoms with Gasteiger partial charge in [0.1, 0.15) is 12.9 Å². The predicted molar refractivity (Wildman–Crippen MR) is 49.7 cm³/mol. The topological polar surface area (TPSA) is 98.6 Å². The van der Waals surface area contributed by atoms with Crippen molar-refractivity contribution in [1.82, 2.24) is 10.1 Å². The first-order chi connectivity index (χ1) is 7.72. The van der Waals surface area contributed by atoms with Crippen LogP contribution in [0.15, 0.2) is 21.3 Å². The maximum Gasteiger partial charge on any atom is 0.358 e. The number of carboxylic acids is 1. The molecular formula is C9H8N2O5. The molecule has 0 saturated heterocycles. The van der Waals surface area contributed by atoms with Crippen LogP contribution in [-0.2, 0) is 11.3 Å². The van der Waals surface area contributed by atoms with Crippen LogP contribution in [0.3, 0.4) is 0 Å². The van der Waals surface area contributed by atoms with Crippen molar-refractivity contribution in [2.45, 2.75) is 6.61 Å². The highest BCUT2D eigenvalue weighted by atomic mass is 16.5. The van der Waals surface area contributed by atoms with Gasteiger partial charge in [-0.15, -0.1) is 0 Å². The van der Waals surface area contributed by atoms with Crippen LogP contribution in [0.5, 0.6) is 0 Å². The van der Waals surface area contributed by atoms with Gasteiger partial charge in [-0.3, -0.25) is 0 Å². The number of rotatable bonds is 4. The summed E-state index contributed by atoms with van der Waals surface area (Å²) in [5, 5.41) is 12.5. The van der Waals surface area contributed by atoms with E-state index in [0.717, 1.165) is 0 Å². The molecule has 0 unspecified atom stereocenters. The predicted octanol–water partition coefficient (Wildman–Crippen LogP) is 1.17. The summed E-state index contributed by atoms with van der Waals surface area (Å²) in [5.74, 6) is -0.949. The number of carboxylic acid groups (broad SMARTS) is 1. The van der Waals surface area contributed by atoms with E-state index in [-0.39, 0.29) is 29.6 Å². The average molecular weight is 224 g/mol. The van der Waals surface area contributed by atoms with Crippen LogP contribution in [0.25, 0.3) is 11.5 Å². The van der Waals surface area contributed by atoms with Crippen molar-refractivity contribution in [3.63, 3.8) is 0 Å². The van der Waals surface area contributed by atoms with Crippen molar-refractivity contribution in [3.8, 4) is 11.5 Å². The Labute approximate surface area is 89.6 Å². The maximum atomic E-state index is 10.9. The molecule has 0 aromatic carbocycles. The second-order valence-electron chi connectivity index (χ2n) is 2.91. The van der Waals surface area contributed by atoms with Crippen molar-refractivity contribution in [2.75, 3.05) is 7.11 Å². The summed E-state index contributed by atoms with van der Waals surface area (Å²) in [4.78, 5) is 14.7. The number of methoxy groups -OCH3 is 1. The molecule has 2 aromatic rings. The first kappa shape index (κ1) is 10.4. The first-order valence-electron chi connectivity index (χ1n) is 4.35. The molecule has 0 bridgehead atoms. The maximum absolute atomic E-state index is 10.9. The number of aromatic nitrogens is 2. The quantitative estimate of drug-likeness (QED) is 0.832. The number of hydrogen-bond acceptors (Lipinski definition) is 6. The van der Waals surface area contributed by atoms with E-state index in [9.17, 15) is 4.79 Å². The Kier molecular flexibility index (Phi) is 2.69. The lowest BCUT2D eigenvalue weighted by atomic mass is 10.3. The van der Waals surface area contributed by atoms with Gasteiger partial charge in [-0.25, -0.2) is 9.78 Å². The molecule has 7 heteroatoms. The molecule has 2 rings (SSSR count). The highest BCUT2D eigenvalue weighted by Gasteiger charge is 2.22. The summed E-state index contributed by atoms with van der Waals surface area (Å²) in [6.07, 6.45) is 1.32. The summed E-state index contributed by atoms with van der Waals surface area (Å²) < 4.78 is 14.6. The molecule has 1 N–H and O–H groups in total. The smallest absolute Gasteiger partial charge is 0.358 e. The summed E-state index contributed by atoms with van der Waals surface area (Å²) in [7, 11) is 1.46. The van der Waals surface area contributed by atoms with E-state index in [0.29, 0.717) is 0 Å². The van der Waals surface area contributed by atoms with E-state index in [1.54, 1.807) is 0 Å². The monoisotopic (exact) mass is 224 g/mol. The van der Waals surface area contributed by atoms with E-state index in [1.807, 2.05) is 0 Å². The molecule has 0 radical (unpaired) electrons. The molecule has 0 fully saturated rings. The van der Waals surface area contributed by atoms with Crippen molar-refractivity contribution in [2.24, 2.45) is 0 Å². The van der Waals surface area contributed by atoms with Crippen molar-refractivity contribution in [3.05, 3.63) is 23.9 Å². The Morgan fingerprint density at radius 2 is 2.44 bits per heavy atom. The summed E-state index contributed by atoms with van der Waals surface area (Å²) in [6, 6.07) is 1.49. The molecule has 7 nitrogen and oxygen atoms in total. The van der Waals surface area contributed by atoms with E-state index in [4.69, 9.17) is 14.3 Å². The van der Waals surface area contributed by atoms with Gasteiger partial charge in [0.15, 0.2) is 17.1 Å². The van der Waals surface area contributed by atoms with Crippen LogP contribution in [0.2, 0.25) is 0 Å². The Morgan fingerprint density at radius 1 is 1.62 bits per heavy atom. The van der Waals surface area contributed by atoms with Crippen molar-refractivity contribution < 1.29 is 23.6 Å². The van der Waals surface area contributed by atoms with E-state index >= 15 is 0 Å². The van der Waals surface area contributed by atoms with E-state index in [1.165, 1.54) is 19.4 Å². The molecule has 0 aliphatic carbocycles. The highest BCUT2D eigenvalue weighted by molar-refractivity contribution is 5.91. The lowest BCUT2D eigenvalue weighted by Crippen LogP contribution is -1.99. The lowest BCUT2D eigenvalue weighted by Gasteiger charge is -1.90. The second kappa shape index (κ2) is 4.15. The van der Waals surface area contributed by atoms with Gasteiger partial charge in [0.25, 0.3) is 0 Å². The molecule has 0 amide bonds. The van der Waals surface area contributed by atoms with Crippen LogP contribution < -0.4 is 0 Å². The van der Waals surface area contributed by atoms with Gasteiger partial charge in [-0.05, 0) is 0 Å². The van der Waals surface area contributed by atoms with Gasteiger partial charge in [0.2, 0.25) is 5.89 Å². The van der Waals surface area contributed by atoms with Crippen LogP contribution in [-0.4, -0.2) is 28.3 Å². The Balaban J connectivity index is 2.46. The Bertz CT molecular complexity index is 488. The third-order valence-corrected chi connectivity index (χ3v) is 1.81. The average Bonchev–Trinajstić information content (AvgIpc) is 2.83. The molecule has 84 valence electrons. The van der Waals surface area contributed by atoms with Gasteiger partial charge < -0.3 is 18.8 Å². The third-order valence-electron chi connectivity index (χ3n) is 1.81. The molecule has 0 saturated carbocycles. The zero-order valence-corrected chi connectivity index (χ0v) is 8.34. The van der Waals surface area contributed by atoms with Crippen LogP contribution >= 0.6 is 0 Å². The van der Waals surface area contributed by atoms with Crippen LogP contribution in [0.4, 0.5) is 0 Å². The summed E-state index contributed by atoms with van der Waals surface area (Å²) in [5.41, 5.74) is 0.0770. The molecule has 0 atom stereocenters. The first-order valence-corrected chi connectivity index (χ1v) is 4.35. The normalized spacial score (nSPS) is 10.6. The van der Waals surface area contributed by atoms with Crippen LogP contribution in [0, 0.1) is 0 Å². The Hall–Kier alpha value is -2.15. The minimum atomic E-state index is -1.19. The van der Waals surface area contributed by atoms with E-state index in [2.05, 4.69) is 14.7 Å². The largest absolute Gasteiger partial charge is 0.476 e. The van der Waals surface area contributed by atoms with Crippen LogP contribution in [0.1, 0.15) is 16.4 Å². The zero-order valence-electron chi connectivity index (χ0n) is 8.34. The minimum absolute atomic E-state index is 0.0632. The summed E-state index contributed by atoms with van der Waals surface area (Å²) in [6.45, 7) is 0.0954. The molecule has 2 heterocycles. The van der Waals surface area contributed by atoms with Gasteiger partial charge in [0.05, 0.1) is 0 Å². The zero-order chi connectivity index (χ0) is 11.5. The second-order valence-corrected chi connectivity index (χ2v) is 2.91. The number of aromatic carboxylic acids is 1. The van der Waals surface area contributed by atoms with Crippen molar-refractivity contribution >= 4 is 5.97 Å². The van der Waals surface area contributed by atoms with Gasteiger partial charge >= 0.3 is 5.97 Å². The fourth-order valence-electron chi connectivity index (χ4n) is 1.20. The number of nitrogens with zero attached hydrogens (tertiary/aromatic N) is 2. The number of carbonyl (C=O) groups is 1. The fraction of sp³-hybridized carbons (Fsp3) is 0.222. The molecule has 2 aromatic heterocycles. The number of ether oxygens (including phenoxy) is 1. The minimum Gasteiger partial charge on any atom is -0.476 e. The van der Waals surface area contributed by atoms with E-state index < -0.39 is 5.97 Å². The SMILES string of the molecule is COCc1nc(C(=O)O)c(-c2ccon2)o1. The molecular weight excluding hydrogens is 216 g/mol. The highest BCUT2D eigenvalue weighted by Crippen LogP contribution is 2.23. The number of hydrogen-bond donors (Lipinski definition) is 1. The van der Waals surface area contributed by atoms with Gasteiger partial charge in [-0.1, -0.05) is 5.16 Å². The Morgan fingerprint density at radius 3 is 3.00 bits per heavy atom.